The first kappa shape index (κ1) is 20.8. The molecule has 1 saturated heterocycles. The zero-order valence-electron chi connectivity index (χ0n) is 15.6. The van der Waals surface area contributed by atoms with E-state index in [9.17, 15) is 0 Å². The van der Waals surface area contributed by atoms with E-state index < -0.39 is 35.0 Å². The second kappa shape index (κ2) is 8.70. The molecule has 0 aromatic heterocycles. The van der Waals surface area contributed by atoms with Crippen LogP contribution >= 0.6 is 0 Å². The molecular weight excluding hydrogens is 344 g/mol. The molecule has 1 heterocycles. The van der Waals surface area contributed by atoms with Crippen molar-refractivity contribution in [3.05, 3.63) is 0 Å². The molecule has 0 saturated carbocycles. The Kier molecular flexibility index (Phi) is 8.21. The molecule has 0 spiro atoms. The molecule has 1 fully saturated rings. The molecule has 1 atom stereocenters. The van der Waals surface area contributed by atoms with Crippen LogP contribution in [0.25, 0.3) is 0 Å². The summed E-state index contributed by atoms with van der Waals surface area (Å²) in [6, 6.07) is 1.06. The van der Waals surface area contributed by atoms with Gasteiger partial charge in [0, 0.05) is 0 Å². The van der Waals surface area contributed by atoms with Crippen molar-refractivity contribution in [2.75, 3.05) is 0 Å². The summed E-state index contributed by atoms with van der Waals surface area (Å²) in [5.41, 5.74) is 0. The third-order valence-electron chi connectivity index (χ3n) is 3.69. The van der Waals surface area contributed by atoms with E-state index in [1.165, 1.54) is 38.5 Å². The summed E-state index contributed by atoms with van der Waals surface area (Å²) in [6.07, 6.45) is 7.82. The van der Waals surface area contributed by atoms with Crippen LogP contribution in [0.3, 0.4) is 0 Å². The quantitative estimate of drug-likeness (QED) is 0.459. The minimum absolute atomic E-state index is 1.06. The molecule has 8 heteroatoms. The highest BCUT2D eigenvalue weighted by Gasteiger charge is 2.48. The predicted molar refractivity (Wildman–Crippen MR) is 101 cm³/mol. The highest BCUT2D eigenvalue weighted by Crippen LogP contribution is 2.30. The van der Waals surface area contributed by atoms with Gasteiger partial charge in [0.2, 0.25) is 0 Å². The van der Waals surface area contributed by atoms with Crippen molar-refractivity contribution in [3.63, 3.8) is 0 Å². The van der Waals surface area contributed by atoms with Gasteiger partial charge in [-0.2, -0.15) is 0 Å². The minimum atomic E-state index is -2.17. The lowest BCUT2D eigenvalue weighted by Gasteiger charge is -2.44. The third-order valence-corrected chi connectivity index (χ3v) is 18.6. The second-order valence-corrected chi connectivity index (χ2v) is 20.0. The van der Waals surface area contributed by atoms with Crippen molar-refractivity contribution < 1.29 is 16.5 Å². The SMILES string of the molecule is CCCCCCCC[Si]1(C)O[Si](C)O[Si](C)(C)O[Si](C)(C)O1. The lowest BCUT2D eigenvalue weighted by Crippen LogP contribution is -2.61. The van der Waals surface area contributed by atoms with Gasteiger partial charge in [0.25, 0.3) is 0 Å². The summed E-state index contributed by atoms with van der Waals surface area (Å²) < 4.78 is 25.3. The van der Waals surface area contributed by atoms with Crippen LogP contribution in [0.1, 0.15) is 45.4 Å². The summed E-state index contributed by atoms with van der Waals surface area (Å²) in [6.45, 7) is 15.0. The van der Waals surface area contributed by atoms with Crippen molar-refractivity contribution in [2.45, 2.75) is 90.8 Å². The smallest absolute Gasteiger partial charge is 0.362 e. The van der Waals surface area contributed by atoms with Crippen molar-refractivity contribution in [1.29, 1.82) is 0 Å². The summed E-state index contributed by atoms with van der Waals surface area (Å²) in [5.74, 6) is 0. The lowest BCUT2D eigenvalue weighted by atomic mass is 10.1. The largest absolute Gasteiger partial charge is 0.416 e. The minimum Gasteiger partial charge on any atom is -0.416 e. The average molecular weight is 380 g/mol. The van der Waals surface area contributed by atoms with Gasteiger partial charge in [-0.05, 0) is 45.3 Å². The fraction of sp³-hybridized carbons (Fsp3) is 1.00. The van der Waals surface area contributed by atoms with E-state index in [0.717, 1.165) is 6.04 Å². The van der Waals surface area contributed by atoms with Crippen molar-refractivity contribution in [3.8, 4) is 0 Å². The first-order valence-corrected chi connectivity index (χ1v) is 18.7. The van der Waals surface area contributed by atoms with Crippen molar-refractivity contribution >= 4 is 35.0 Å². The summed E-state index contributed by atoms with van der Waals surface area (Å²) in [7, 11) is -7.71. The van der Waals surface area contributed by atoms with Gasteiger partial charge in [-0.25, -0.2) is 0 Å². The van der Waals surface area contributed by atoms with E-state index in [1.54, 1.807) is 0 Å². The molecule has 4 nitrogen and oxygen atoms in total. The van der Waals surface area contributed by atoms with Gasteiger partial charge in [0.05, 0.1) is 0 Å². The van der Waals surface area contributed by atoms with Crippen LogP contribution in [0.5, 0.6) is 0 Å². The van der Waals surface area contributed by atoms with E-state index in [-0.39, 0.29) is 0 Å². The van der Waals surface area contributed by atoms with Crippen molar-refractivity contribution in [2.24, 2.45) is 0 Å². The standard InChI is InChI=1S/C14H35O4Si4/c1-8-9-10-11-12-13-14-22(7)16-19(2)15-20(3,4)17-21(5,6)18-22/h8-14H2,1-7H3. The fourth-order valence-corrected chi connectivity index (χ4v) is 21.1. The fourth-order valence-electron chi connectivity index (χ4n) is 3.17. The molecule has 1 radical (unpaired) electrons. The zero-order valence-corrected chi connectivity index (χ0v) is 19.6. The maximum atomic E-state index is 6.51. The first-order valence-electron chi connectivity index (χ1n) is 8.69. The van der Waals surface area contributed by atoms with Crippen LogP contribution in [0.15, 0.2) is 0 Å². The van der Waals surface area contributed by atoms with Gasteiger partial charge in [-0.15, -0.1) is 0 Å². The number of unbranched alkanes of at least 4 members (excludes halogenated alkanes) is 5. The molecule has 1 aliphatic rings. The molecule has 131 valence electrons. The molecule has 0 aromatic rings. The van der Waals surface area contributed by atoms with E-state index >= 15 is 0 Å². The van der Waals surface area contributed by atoms with Gasteiger partial charge in [-0.3, -0.25) is 0 Å². The van der Waals surface area contributed by atoms with Crippen LogP contribution in [0.2, 0.25) is 45.3 Å². The second-order valence-electron chi connectivity index (χ2n) is 7.35. The third kappa shape index (κ3) is 8.00. The van der Waals surface area contributed by atoms with Crippen molar-refractivity contribution in [1.82, 2.24) is 0 Å². The van der Waals surface area contributed by atoms with Crippen LogP contribution < -0.4 is 0 Å². The molecule has 22 heavy (non-hydrogen) atoms. The molecule has 1 unspecified atom stereocenters. The van der Waals surface area contributed by atoms with E-state index in [4.69, 9.17) is 16.5 Å². The monoisotopic (exact) mass is 379 g/mol. The van der Waals surface area contributed by atoms with Crippen LogP contribution in [0, 0.1) is 0 Å². The Balaban J connectivity index is 2.55. The maximum absolute atomic E-state index is 6.51. The highest BCUT2D eigenvalue weighted by molar-refractivity contribution is 6.89. The average Bonchev–Trinajstić information content (AvgIpc) is 2.28. The highest BCUT2D eigenvalue weighted by atomic mass is 28.5. The summed E-state index contributed by atoms with van der Waals surface area (Å²) in [4.78, 5) is 0. The predicted octanol–water partition coefficient (Wildman–Crippen LogP) is 5.02. The van der Waals surface area contributed by atoms with E-state index in [0.29, 0.717) is 0 Å². The van der Waals surface area contributed by atoms with Crippen LogP contribution in [-0.4, -0.2) is 35.0 Å². The zero-order chi connectivity index (χ0) is 16.9. The van der Waals surface area contributed by atoms with Crippen LogP contribution in [0.4, 0.5) is 0 Å². The summed E-state index contributed by atoms with van der Waals surface area (Å²) >= 11 is 0. The Bertz CT molecular complexity index is 341. The summed E-state index contributed by atoms with van der Waals surface area (Å²) in [5, 5.41) is 0. The molecule has 1 rings (SSSR count). The number of hydrogen-bond donors (Lipinski definition) is 0. The molecule has 0 aromatic carbocycles. The Morgan fingerprint density at radius 3 is 1.95 bits per heavy atom. The van der Waals surface area contributed by atoms with Gasteiger partial charge < -0.3 is 16.5 Å². The maximum Gasteiger partial charge on any atom is 0.362 e. The molecule has 0 amide bonds. The molecular formula is C14H35O4Si4. The Morgan fingerprint density at radius 1 is 0.727 bits per heavy atom. The van der Waals surface area contributed by atoms with Crippen LogP contribution in [-0.2, 0) is 16.5 Å². The van der Waals surface area contributed by atoms with E-state index in [2.05, 4.69) is 46.2 Å². The molecule has 0 N–H and O–H groups in total. The normalized spacial score (nSPS) is 29.0. The topological polar surface area (TPSA) is 36.9 Å². The Hall–Kier alpha value is 0.708. The Morgan fingerprint density at radius 2 is 1.32 bits per heavy atom. The van der Waals surface area contributed by atoms with Gasteiger partial charge in [0.1, 0.15) is 0 Å². The van der Waals surface area contributed by atoms with Gasteiger partial charge in [0.15, 0.2) is 0 Å². The van der Waals surface area contributed by atoms with Gasteiger partial charge >= 0.3 is 35.0 Å². The van der Waals surface area contributed by atoms with Gasteiger partial charge in [-0.1, -0.05) is 45.4 Å². The lowest BCUT2D eigenvalue weighted by molar-refractivity contribution is 0.246. The van der Waals surface area contributed by atoms with E-state index in [1.807, 2.05) is 0 Å². The Labute approximate surface area is 142 Å². The molecule has 0 bridgehead atoms. The molecule has 0 aliphatic carbocycles. The number of rotatable bonds is 7. The number of hydrogen-bond acceptors (Lipinski definition) is 4. The molecule has 1 aliphatic heterocycles. The first-order chi connectivity index (χ1) is 10.1.